The number of nitrogens with one attached hydrogen (secondary N) is 1. The Bertz CT molecular complexity index is 486. The van der Waals surface area contributed by atoms with Crippen molar-refractivity contribution in [3.63, 3.8) is 0 Å². The van der Waals surface area contributed by atoms with Gasteiger partial charge in [0.25, 0.3) is 0 Å². The highest BCUT2D eigenvalue weighted by atomic mass is 19.4. The molecule has 0 saturated heterocycles. The van der Waals surface area contributed by atoms with Gasteiger partial charge in [-0.05, 0) is 25.1 Å². The van der Waals surface area contributed by atoms with Gasteiger partial charge in [0, 0.05) is 5.71 Å². The highest BCUT2D eigenvalue weighted by Gasteiger charge is 2.30. The maximum absolute atomic E-state index is 12.4. The zero-order valence-electron chi connectivity index (χ0n) is 10.8. The highest BCUT2D eigenvalue weighted by Crippen LogP contribution is 2.31. The van der Waals surface area contributed by atoms with Crippen LogP contribution in [0, 0.1) is 5.41 Å². The summed E-state index contributed by atoms with van der Waals surface area (Å²) in [6.45, 7) is 1.34. The molecule has 0 fully saturated rings. The van der Waals surface area contributed by atoms with Gasteiger partial charge in [0.05, 0.1) is 12.0 Å². The number of carbonyl (C=O) groups excluding carboxylic acids is 1. The van der Waals surface area contributed by atoms with E-state index in [-0.39, 0.29) is 31.1 Å². The lowest BCUT2D eigenvalue weighted by molar-refractivity contribution is -0.142. The van der Waals surface area contributed by atoms with Crippen molar-refractivity contribution in [2.45, 2.75) is 19.5 Å². The van der Waals surface area contributed by atoms with Crippen molar-refractivity contribution in [1.82, 2.24) is 0 Å². The lowest BCUT2D eigenvalue weighted by Gasteiger charge is -2.10. The largest absolute Gasteiger partial charge is 0.490 e. The van der Waals surface area contributed by atoms with Crippen molar-refractivity contribution >= 4 is 11.7 Å². The molecule has 1 aromatic rings. The Hall–Kier alpha value is -2.05. The zero-order valence-corrected chi connectivity index (χ0v) is 10.8. The molecule has 0 radical (unpaired) electrons. The van der Waals surface area contributed by atoms with Gasteiger partial charge in [-0.1, -0.05) is 6.07 Å². The Kier molecular flexibility index (Phi) is 5.54. The fraction of sp³-hybridized carbons (Fsp3) is 0.385. The second-order valence-electron chi connectivity index (χ2n) is 4.05. The number of esters is 1. The molecule has 0 bridgehead atoms. The molecular formula is C13H14F3NO3. The molecule has 0 heterocycles. The minimum Gasteiger partial charge on any atom is -0.490 e. The molecule has 110 valence electrons. The molecule has 0 saturated carbocycles. The van der Waals surface area contributed by atoms with E-state index in [4.69, 9.17) is 14.9 Å². The van der Waals surface area contributed by atoms with E-state index in [2.05, 4.69) is 0 Å². The molecular weight excluding hydrogens is 275 g/mol. The summed E-state index contributed by atoms with van der Waals surface area (Å²) in [5.41, 5.74) is -0.625. The number of ether oxygens (including phenoxy) is 2. The molecule has 0 aliphatic rings. The van der Waals surface area contributed by atoms with Crippen molar-refractivity contribution in [3.05, 3.63) is 29.8 Å². The molecule has 4 nitrogen and oxygen atoms in total. The maximum atomic E-state index is 12.4. The van der Waals surface area contributed by atoms with Crippen LogP contribution in [0.15, 0.2) is 24.3 Å². The van der Waals surface area contributed by atoms with Crippen LogP contribution in [0.5, 0.6) is 5.75 Å². The number of halogens is 3. The fourth-order valence-electron chi connectivity index (χ4n) is 1.34. The van der Waals surface area contributed by atoms with Crippen LogP contribution in [0.2, 0.25) is 0 Å². The van der Waals surface area contributed by atoms with Crippen molar-refractivity contribution in [2.75, 3.05) is 13.2 Å². The zero-order chi connectivity index (χ0) is 15.2. The lowest BCUT2D eigenvalue weighted by Crippen LogP contribution is -2.14. The number of alkyl halides is 3. The summed E-state index contributed by atoms with van der Waals surface area (Å²) in [7, 11) is 0. The molecule has 1 aromatic carbocycles. The van der Waals surface area contributed by atoms with Gasteiger partial charge < -0.3 is 14.9 Å². The smallest absolute Gasteiger partial charge is 0.416 e. The molecule has 1 N–H and O–H groups in total. The van der Waals surface area contributed by atoms with Gasteiger partial charge in [0.15, 0.2) is 0 Å². The van der Waals surface area contributed by atoms with E-state index in [1.165, 1.54) is 19.1 Å². The standard InChI is InChI=1S/C13H14F3NO3/c1-9(17)7-12(18)20-6-5-19-11-4-2-3-10(8-11)13(14,15)16/h2-4,8,17H,5-7H2,1H3. The highest BCUT2D eigenvalue weighted by molar-refractivity contribution is 5.95. The van der Waals surface area contributed by atoms with Gasteiger partial charge in [-0.15, -0.1) is 0 Å². The summed E-state index contributed by atoms with van der Waals surface area (Å²) in [5.74, 6) is -0.510. The average molecular weight is 289 g/mol. The SMILES string of the molecule is CC(=N)CC(=O)OCCOc1cccc(C(F)(F)F)c1. The van der Waals surface area contributed by atoms with Crippen LogP contribution in [-0.2, 0) is 15.7 Å². The minimum atomic E-state index is -4.42. The van der Waals surface area contributed by atoms with E-state index >= 15 is 0 Å². The molecule has 0 atom stereocenters. The number of hydrogen-bond donors (Lipinski definition) is 1. The molecule has 0 aliphatic carbocycles. The van der Waals surface area contributed by atoms with E-state index < -0.39 is 17.7 Å². The van der Waals surface area contributed by atoms with Crippen LogP contribution in [0.4, 0.5) is 13.2 Å². The van der Waals surface area contributed by atoms with E-state index in [0.29, 0.717) is 0 Å². The lowest BCUT2D eigenvalue weighted by atomic mass is 10.2. The van der Waals surface area contributed by atoms with Gasteiger partial charge in [-0.2, -0.15) is 13.2 Å². The molecule has 0 aromatic heterocycles. The number of rotatable bonds is 6. The summed E-state index contributed by atoms with van der Waals surface area (Å²) >= 11 is 0. The number of benzene rings is 1. The first-order valence-corrected chi connectivity index (χ1v) is 5.79. The first kappa shape index (κ1) is 16.0. The van der Waals surface area contributed by atoms with Gasteiger partial charge in [-0.25, -0.2) is 0 Å². The molecule has 1 rings (SSSR count). The first-order valence-electron chi connectivity index (χ1n) is 5.79. The Balaban J connectivity index is 2.39. The molecule has 0 amide bonds. The normalized spacial score (nSPS) is 11.0. The van der Waals surface area contributed by atoms with Crippen LogP contribution >= 0.6 is 0 Å². The summed E-state index contributed by atoms with van der Waals surface area (Å²) in [6, 6.07) is 4.45. The van der Waals surface area contributed by atoms with Crippen molar-refractivity contribution < 1.29 is 27.4 Å². The van der Waals surface area contributed by atoms with Crippen molar-refractivity contribution in [2.24, 2.45) is 0 Å². The Morgan fingerprint density at radius 2 is 2.00 bits per heavy atom. The van der Waals surface area contributed by atoms with Crippen molar-refractivity contribution in [3.8, 4) is 5.75 Å². The van der Waals surface area contributed by atoms with Gasteiger partial charge in [0.2, 0.25) is 0 Å². The quantitative estimate of drug-likeness (QED) is 0.497. The predicted molar refractivity (Wildman–Crippen MR) is 65.9 cm³/mol. The van der Waals surface area contributed by atoms with Gasteiger partial charge >= 0.3 is 12.1 Å². The molecule has 0 spiro atoms. The van der Waals surface area contributed by atoms with Gasteiger partial charge in [-0.3, -0.25) is 4.79 Å². The third kappa shape index (κ3) is 5.73. The molecule has 0 unspecified atom stereocenters. The van der Waals surface area contributed by atoms with Crippen molar-refractivity contribution in [1.29, 1.82) is 5.41 Å². The Labute approximate surface area is 114 Å². The van der Waals surface area contributed by atoms with E-state index in [9.17, 15) is 18.0 Å². The molecule has 7 heteroatoms. The number of hydrogen-bond acceptors (Lipinski definition) is 4. The van der Waals surface area contributed by atoms with Crippen LogP contribution in [0.1, 0.15) is 18.9 Å². The van der Waals surface area contributed by atoms with E-state index in [1.807, 2.05) is 0 Å². The summed E-state index contributed by atoms with van der Waals surface area (Å²) in [6.07, 6.45) is -4.53. The Morgan fingerprint density at radius 3 is 2.60 bits per heavy atom. The Morgan fingerprint density at radius 1 is 1.30 bits per heavy atom. The second-order valence-corrected chi connectivity index (χ2v) is 4.05. The van der Waals surface area contributed by atoms with Crippen LogP contribution < -0.4 is 4.74 Å². The van der Waals surface area contributed by atoms with E-state index in [0.717, 1.165) is 12.1 Å². The van der Waals surface area contributed by atoms with Crippen LogP contribution in [0.3, 0.4) is 0 Å². The minimum absolute atomic E-state index is 0.0515. The fourth-order valence-corrected chi connectivity index (χ4v) is 1.34. The average Bonchev–Trinajstić information content (AvgIpc) is 2.33. The third-order valence-electron chi connectivity index (χ3n) is 2.19. The third-order valence-corrected chi connectivity index (χ3v) is 2.19. The maximum Gasteiger partial charge on any atom is 0.416 e. The summed E-state index contributed by atoms with van der Waals surface area (Å²) in [5, 5.41) is 7.08. The first-order chi connectivity index (χ1) is 9.29. The second kappa shape index (κ2) is 6.93. The van der Waals surface area contributed by atoms with Crippen LogP contribution in [0.25, 0.3) is 0 Å². The monoisotopic (exact) mass is 289 g/mol. The summed E-state index contributed by atoms with van der Waals surface area (Å²) in [4.78, 5) is 11.1. The predicted octanol–water partition coefficient (Wildman–Crippen LogP) is 3.06. The number of carbonyl (C=O) groups is 1. The molecule has 0 aliphatic heterocycles. The molecule has 20 heavy (non-hydrogen) atoms. The van der Waals surface area contributed by atoms with Gasteiger partial charge in [0.1, 0.15) is 19.0 Å². The van der Waals surface area contributed by atoms with E-state index in [1.54, 1.807) is 0 Å². The summed E-state index contributed by atoms with van der Waals surface area (Å²) < 4.78 is 47.1. The topological polar surface area (TPSA) is 59.4 Å². The van der Waals surface area contributed by atoms with Crippen LogP contribution in [-0.4, -0.2) is 24.9 Å².